The first-order valence-electron chi connectivity index (χ1n) is 9.20. The fourth-order valence-corrected chi connectivity index (χ4v) is 3.33. The molecule has 0 radical (unpaired) electrons. The van der Waals surface area contributed by atoms with E-state index in [1.165, 1.54) is 5.52 Å². The van der Waals surface area contributed by atoms with Crippen molar-refractivity contribution < 1.29 is 0 Å². The van der Waals surface area contributed by atoms with Crippen molar-refractivity contribution >= 4 is 22.5 Å². The number of nitrogens with zero attached hydrogens (tertiary/aromatic N) is 5. The number of rotatable bonds is 6. The highest BCUT2D eigenvalue weighted by Gasteiger charge is 2.11. The number of aryl methyl sites for hydroxylation is 1. The van der Waals surface area contributed by atoms with Gasteiger partial charge in [0.2, 0.25) is 0 Å². The van der Waals surface area contributed by atoms with E-state index in [1.54, 1.807) is 6.20 Å². The van der Waals surface area contributed by atoms with Crippen molar-refractivity contribution in [2.24, 2.45) is 0 Å². The number of nitrogens with one attached hydrogen (secondary N) is 1. The van der Waals surface area contributed by atoms with Crippen LogP contribution < -0.4 is 5.32 Å². The Kier molecular flexibility index (Phi) is 4.32. The van der Waals surface area contributed by atoms with Crippen LogP contribution >= 0.6 is 0 Å². The van der Waals surface area contributed by atoms with Crippen LogP contribution in [0.3, 0.4) is 0 Å². The Morgan fingerprint density at radius 2 is 1.96 bits per heavy atom. The molecule has 4 rings (SSSR count). The number of benzene rings is 1. The van der Waals surface area contributed by atoms with E-state index in [-0.39, 0.29) is 0 Å². The van der Waals surface area contributed by atoms with Crippen molar-refractivity contribution in [3.63, 3.8) is 0 Å². The Bertz CT molecular complexity index is 1040. The van der Waals surface area contributed by atoms with Gasteiger partial charge in [0.15, 0.2) is 5.65 Å². The zero-order valence-corrected chi connectivity index (χ0v) is 15.5. The number of hydrogen-bond acceptors (Lipinski definition) is 4. The van der Waals surface area contributed by atoms with Gasteiger partial charge in [0.25, 0.3) is 0 Å². The maximum absolute atomic E-state index is 4.80. The van der Waals surface area contributed by atoms with Gasteiger partial charge in [-0.2, -0.15) is 9.61 Å². The summed E-state index contributed by atoms with van der Waals surface area (Å²) in [7, 11) is 0. The molecule has 0 aliphatic heterocycles. The standard InChI is InChI=1S/C20H24N6/c1-4-25-17-8-6-5-7-15(17)23-18(25)9-11-21-20-13-16(14(2)3)24-19-10-12-22-26(19)20/h5-8,10,12-14,21H,4,9,11H2,1-3H3. The Balaban J connectivity index is 1.57. The molecule has 26 heavy (non-hydrogen) atoms. The molecule has 0 aliphatic rings. The van der Waals surface area contributed by atoms with Gasteiger partial charge < -0.3 is 9.88 Å². The molecule has 0 spiro atoms. The lowest BCUT2D eigenvalue weighted by molar-refractivity contribution is 0.715. The predicted octanol–water partition coefficient (Wildman–Crippen LogP) is 3.88. The quantitative estimate of drug-likeness (QED) is 0.574. The molecule has 0 bridgehead atoms. The first-order valence-corrected chi connectivity index (χ1v) is 9.20. The van der Waals surface area contributed by atoms with Gasteiger partial charge in [-0.3, -0.25) is 0 Å². The topological polar surface area (TPSA) is 60.0 Å². The molecule has 0 saturated heterocycles. The van der Waals surface area contributed by atoms with E-state index in [1.807, 2.05) is 16.6 Å². The third kappa shape index (κ3) is 2.92. The average molecular weight is 348 g/mol. The van der Waals surface area contributed by atoms with Gasteiger partial charge in [0.05, 0.1) is 17.2 Å². The summed E-state index contributed by atoms with van der Waals surface area (Å²) in [6, 6.07) is 12.3. The first kappa shape index (κ1) is 16.6. The molecule has 4 aromatic rings. The fraction of sp³-hybridized carbons (Fsp3) is 0.350. The Morgan fingerprint density at radius 3 is 2.77 bits per heavy atom. The highest BCUT2D eigenvalue weighted by molar-refractivity contribution is 5.75. The minimum absolute atomic E-state index is 0.375. The molecular weight excluding hydrogens is 324 g/mol. The van der Waals surface area contributed by atoms with Crippen LogP contribution in [0.4, 0.5) is 5.82 Å². The molecule has 134 valence electrons. The van der Waals surface area contributed by atoms with Gasteiger partial charge in [0, 0.05) is 37.3 Å². The second-order valence-corrected chi connectivity index (χ2v) is 6.76. The van der Waals surface area contributed by atoms with E-state index < -0.39 is 0 Å². The number of anilines is 1. The summed E-state index contributed by atoms with van der Waals surface area (Å²) < 4.78 is 4.14. The normalized spacial score (nSPS) is 11.7. The first-order chi connectivity index (χ1) is 12.7. The maximum Gasteiger partial charge on any atom is 0.157 e. The van der Waals surface area contributed by atoms with Gasteiger partial charge in [-0.1, -0.05) is 26.0 Å². The lowest BCUT2D eigenvalue weighted by atomic mass is 10.1. The van der Waals surface area contributed by atoms with Crippen molar-refractivity contribution in [1.29, 1.82) is 0 Å². The highest BCUT2D eigenvalue weighted by atomic mass is 15.3. The monoisotopic (exact) mass is 348 g/mol. The number of fused-ring (bicyclic) bond motifs is 2. The van der Waals surface area contributed by atoms with Crippen molar-refractivity contribution in [2.75, 3.05) is 11.9 Å². The second kappa shape index (κ2) is 6.78. The molecule has 6 heteroatoms. The summed E-state index contributed by atoms with van der Waals surface area (Å²) in [5, 5.41) is 7.90. The van der Waals surface area contributed by atoms with Crippen molar-refractivity contribution in [2.45, 2.75) is 39.7 Å². The number of para-hydroxylation sites is 2. The smallest absolute Gasteiger partial charge is 0.157 e. The summed E-state index contributed by atoms with van der Waals surface area (Å²) in [5.74, 6) is 2.46. The molecule has 0 saturated carbocycles. The summed E-state index contributed by atoms with van der Waals surface area (Å²) in [5.41, 5.74) is 4.20. The molecule has 3 heterocycles. The lowest BCUT2D eigenvalue weighted by Gasteiger charge is -2.12. The summed E-state index contributed by atoms with van der Waals surface area (Å²) >= 11 is 0. The maximum atomic E-state index is 4.80. The predicted molar refractivity (Wildman–Crippen MR) is 105 cm³/mol. The molecule has 3 aromatic heterocycles. The minimum atomic E-state index is 0.375. The number of imidazole rings is 1. The van der Waals surface area contributed by atoms with Crippen LogP contribution in [0.1, 0.15) is 38.2 Å². The second-order valence-electron chi connectivity index (χ2n) is 6.76. The molecule has 1 N–H and O–H groups in total. The van der Waals surface area contributed by atoms with Crippen LogP contribution in [0.15, 0.2) is 42.6 Å². The van der Waals surface area contributed by atoms with E-state index in [2.05, 4.69) is 65.0 Å². The van der Waals surface area contributed by atoms with Gasteiger partial charge >= 0.3 is 0 Å². The summed E-state index contributed by atoms with van der Waals surface area (Å²) in [6.45, 7) is 8.19. The SMILES string of the molecule is CCn1c(CCNc2cc(C(C)C)nc3ccnn23)nc2ccccc21. The average Bonchev–Trinajstić information content (AvgIpc) is 3.25. The molecule has 0 amide bonds. The van der Waals surface area contributed by atoms with E-state index in [9.17, 15) is 0 Å². The third-order valence-corrected chi connectivity index (χ3v) is 4.68. The van der Waals surface area contributed by atoms with Gasteiger partial charge in [0.1, 0.15) is 11.6 Å². The van der Waals surface area contributed by atoms with Crippen molar-refractivity contribution in [3.05, 3.63) is 54.1 Å². The van der Waals surface area contributed by atoms with Crippen LogP contribution in [0.5, 0.6) is 0 Å². The Labute approximate surface area is 152 Å². The van der Waals surface area contributed by atoms with E-state index in [4.69, 9.17) is 4.98 Å². The largest absolute Gasteiger partial charge is 0.369 e. The van der Waals surface area contributed by atoms with Crippen LogP contribution in [0.2, 0.25) is 0 Å². The highest BCUT2D eigenvalue weighted by Crippen LogP contribution is 2.19. The third-order valence-electron chi connectivity index (χ3n) is 4.68. The Hall–Kier alpha value is -2.89. The van der Waals surface area contributed by atoms with Crippen LogP contribution in [-0.2, 0) is 13.0 Å². The van der Waals surface area contributed by atoms with Crippen molar-refractivity contribution in [3.8, 4) is 0 Å². The van der Waals surface area contributed by atoms with Gasteiger partial charge in [-0.15, -0.1) is 0 Å². The zero-order chi connectivity index (χ0) is 18.1. The van der Waals surface area contributed by atoms with Gasteiger partial charge in [-0.25, -0.2) is 9.97 Å². The van der Waals surface area contributed by atoms with Crippen LogP contribution in [0.25, 0.3) is 16.7 Å². The lowest BCUT2D eigenvalue weighted by Crippen LogP contribution is -2.13. The van der Waals surface area contributed by atoms with E-state index in [0.717, 1.165) is 48.0 Å². The summed E-state index contributed by atoms with van der Waals surface area (Å²) in [4.78, 5) is 9.46. The fourth-order valence-electron chi connectivity index (χ4n) is 3.33. The van der Waals surface area contributed by atoms with Crippen LogP contribution in [-0.4, -0.2) is 30.7 Å². The molecule has 0 aliphatic carbocycles. The molecule has 0 fully saturated rings. The minimum Gasteiger partial charge on any atom is -0.369 e. The molecular formula is C20H24N6. The summed E-state index contributed by atoms with van der Waals surface area (Å²) in [6.07, 6.45) is 2.64. The van der Waals surface area contributed by atoms with Crippen molar-refractivity contribution in [1.82, 2.24) is 24.1 Å². The molecule has 0 unspecified atom stereocenters. The molecule has 0 atom stereocenters. The molecule has 6 nitrogen and oxygen atoms in total. The van der Waals surface area contributed by atoms with E-state index in [0.29, 0.717) is 5.92 Å². The molecule has 1 aromatic carbocycles. The Morgan fingerprint density at radius 1 is 1.12 bits per heavy atom. The number of hydrogen-bond donors (Lipinski definition) is 1. The number of aromatic nitrogens is 5. The van der Waals surface area contributed by atoms with Crippen LogP contribution in [0, 0.1) is 0 Å². The zero-order valence-electron chi connectivity index (χ0n) is 15.5. The van der Waals surface area contributed by atoms with E-state index >= 15 is 0 Å². The van der Waals surface area contributed by atoms with Gasteiger partial charge in [-0.05, 0) is 25.0 Å².